The molecule has 0 bridgehead atoms. The van der Waals surface area contributed by atoms with Gasteiger partial charge in [0.05, 0.1) is 25.4 Å². The molecule has 1 saturated heterocycles. The van der Waals surface area contributed by atoms with Crippen molar-refractivity contribution in [3.8, 4) is 0 Å². The van der Waals surface area contributed by atoms with Crippen LogP contribution in [0.5, 0.6) is 0 Å². The molecule has 0 saturated carbocycles. The average Bonchev–Trinajstić information content (AvgIpc) is 2.13. The molecule has 1 aliphatic rings. The van der Waals surface area contributed by atoms with Crippen LogP contribution in [0.1, 0.15) is 13.8 Å². The normalized spacial score (nSPS) is 36.0. The first-order valence-electron chi connectivity index (χ1n) is 4.11. The second-order valence-electron chi connectivity index (χ2n) is 3.46. The SMILES string of the molecule is CO[C@@H]1COC(C)(C)OC[C@H]1N. The number of ether oxygens (including phenoxy) is 3. The summed E-state index contributed by atoms with van der Waals surface area (Å²) in [5, 5.41) is 0. The smallest absolute Gasteiger partial charge is 0.162 e. The highest BCUT2D eigenvalue weighted by molar-refractivity contribution is 4.77. The van der Waals surface area contributed by atoms with Crippen LogP contribution in [0.15, 0.2) is 0 Å². The van der Waals surface area contributed by atoms with Crippen LogP contribution in [0, 0.1) is 0 Å². The van der Waals surface area contributed by atoms with Gasteiger partial charge in [-0.25, -0.2) is 0 Å². The Kier molecular flexibility index (Phi) is 3.06. The highest BCUT2D eigenvalue weighted by atomic mass is 16.7. The van der Waals surface area contributed by atoms with Crippen LogP contribution in [0.2, 0.25) is 0 Å². The van der Waals surface area contributed by atoms with Crippen molar-refractivity contribution in [2.75, 3.05) is 20.3 Å². The van der Waals surface area contributed by atoms with Crippen LogP contribution in [0.4, 0.5) is 0 Å². The van der Waals surface area contributed by atoms with Gasteiger partial charge in [-0.05, 0) is 13.8 Å². The summed E-state index contributed by atoms with van der Waals surface area (Å²) in [4.78, 5) is 0. The molecule has 12 heavy (non-hydrogen) atoms. The second-order valence-corrected chi connectivity index (χ2v) is 3.46. The van der Waals surface area contributed by atoms with E-state index >= 15 is 0 Å². The largest absolute Gasteiger partial charge is 0.377 e. The molecule has 0 radical (unpaired) electrons. The zero-order valence-electron chi connectivity index (χ0n) is 7.87. The molecular formula is C8H17NO3. The van der Waals surface area contributed by atoms with Gasteiger partial charge in [0.15, 0.2) is 5.79 Å². The first kappa shape index (κ1) is 9.92. The number of methoxy groups -OCH3 is 1. The third-order valence-corrected chi connectivity index (χ3v) is 2.00. The summed E-state index contributed by atoms with van der Waals surface area (Å²) in [6.07, 6.45) is -0.0632. The minimum atomic E-state index is -0.537. The van der Waals surface area contributed by atoms with Gasteiger partial charge in [0.1, 0.15) is 0 Å². The summed E-state index contributed by atoms with van der Waals surface area (Å²) in [5.41, 5.74) is 5.78. The van der Waals surface area contributed by atoms with Crippen molar-refractivity contribution in [2.45, 2.75) is 31.8 Å². The summed E-state index contributed by atoms with van der Waals surface area (Å²) in [6.45, 7) is 4.71. The van der Waals surface area contributed by atoms with Gasteiger partial charge in [-0.1, -0.05) is 0 Å². The van der Waals surface area contributed by atoms with Crippen molar-refractivity contribution >= 4 is 0 Å². The van der Waals surface area contributed by atoms with Gasteiger partial charge in [0.2, 0.25) is 0 Å². The maximum Gasteiger partial charge on any atom is 0.162 e. The van der Waals surface area contributed by atoms with Gasteiger partial charge < -0.3 is 19.9 Å². The molecule has 1 fully saturated rings. The van der Waals surface area contributed by atoms with E-state index in [9.17, 15) is 0 Å². The van der Waals surface area contributed by atoms with Crippen molar-refractivity contribution in [1.82, 2.24) is 0 Å². The summed E-state index contributed by atoms with van der Waals surface area (Å²) >= 11 is 0. The molecule has 2 N–H and O–H groups in total. The van der Waals surface area contributed by atoms with Crippen LogP contribution < -0.4 is 5.73 Å². The molecule has 4 heteroatoms. The fourth-order valence-electron chi connectivity index (χ4n) is 1.10. The van der Waals surface area contributed by atoms with Crippen LogP contribution in [0.25, 0.3) is 0 Å². The van der Waals surface area contributed by atoms with Crippen LogP contribution in [-0.4, -0.2) is 38.3 Å². The second kappa shape index (κ2) is 3.70. The molecule has 0 aliphatic carbocycles. The summed E-state index contributed by atoms with van der Waals surface area (Å²) in [6, 6.07) is -0.100. The highest BCUT2D eigenvalue weighted by Crippen LogP contribution is 2.17. The monoisotopic (exact) mass is 175 g/mol. The van der Waals surface area contributed by atoms with Crippen molar-refractivity contribution in [1.29, 1.82) is 0 Å². The van der Waals surface area contributed by atoms with E-state index in [0.717, 1.165) is 0 Å². The summed E-state index contributed by atoms with van der Waals surface area (Å²) in [5.74, 6) is -0.537. The quantitative estimate of drug-likeness (QED) is 0.614. The van der Waals surface area contributed by atoms with Crippen molar-refractivity contribution in [3.63, 3.8) is 0 Å². The Morgan fingerprint density at radius 3 is 2.50 bits per heavy atom. The van der Waals surface area contributed by atoms with Crippen LogP contribution >= 0.6 is 0 Å². The van der Waals surface area contributed by atoms with E-state index in [1.807, 2.05) is 13.8 Å². The topological polar surface area (TPSA) is 53.7 Å². The highest BCUT2D eigenvalue weighted by Gasteiger charge is 2.30. The summed E-state index contributed by atoms with van der Waals surface area (Å²) in [7, 11) is 1.63. The van der Waals surface area contributed by atoms with E-state index in [2.05, 4.69) is 0 Å². The van der Waals surface area contributed by atoms with Gasteiger partial charge in [0, 0.05) is 7.11 Å². The number of rotatable bonds is 1. The maximum absolute atomic E-state index is 5.78. The first-order valence-corrected chi connectivity index (χ1v) is 4.11. The standard InChI is InChI=1S/C8H17NO3/c1-8(2)11-4-6(9)7(10-3)5-12-8/h6-7H,4-5,9H2,1-3H3/t6-,7-/m1/s1. The van der Waals surface area contributed by atoms with Crippen LogP contribution in [0.3, 0.4) is 0 Å². The third-order valence-electron chi connectivity index (χ3n) is 2.00. The molecule has 0 unspecified atom stereocenters. The molecule has 2 atom stereocenters. The average molecular weight is 175 g/mol. The Morgan fingerprint density at radius 1 is 1.33 bits per heavy atom. The molecule has 0 spiro atoms. The van der Waals surface area contributed by atoms with E-state index < -0.39 is 5.79 Å². The first-order chi connectivity index (χ1) is 5.55. The zero-order valence-corrected chi connectivity index (χ0v) is 7.87. The lowest BCUT2D eigenvalue weighted by molar-refractivity contribution is -0.204. The molecule has 1 aliphatic heterocycles. The molecule has 1 heterocycles. The van der Waals surface area contributed by atoms with Crippen molar-refractivity contribution in [2.24, 2.45) is 5.73 Å². The molecule has 0 amide bonds. The molecule has 0 aromatic carbocycles. The van der Waals surface area contributed by atoms with Gasteiger partial charge in [-0.15, -0.1) is 0 Å². The van der Waals surface area contributed by atoms with Crippen LogP contribution in [-0.2, 0) is 14.2 Å². The van der Waals surface area contributed by atoms with E-state index in [0.29, 0.717) is 13.2 Å². The van der Waals surface area contributed by atoms with Gasteiger partial charge in [0.25, 0.3) is 0 Å². The van der Waals surface area contributed by atoms with Gasteiger partial charge in [-0.3, -0.25) is 0 Å². The minimum Gasteiger partial charge on any atom is -0.377 e. The molecule has 0 aromatic heterocycles. The minimum absolute atomic E-state index is 0.0632. The van der Waals surface area contributed by atoms with E-state index in [1.165, 1.54) is 0 Å². The number of nitrogens with two attached hydrogens (primary N) is 1. The fraction of sp³-hybridized carbons (Fsp3) is 1.00. The Bertz CT molecular complexity index is 149. The molecule has 72 valence electrons. The Hall–Kier alpha value is -0.160. The lowest BCUT2D eigenvalue weighted by atomic mass is 10.2. The van der Waals surface area contributed by atoms with Crippen molar-refractivity contribution in [3.05, 3.63) is 0 Å². The maximum atomic E-state index is 5.78. The van der Waals surface area contributed by atoms with E-state index in [-0.39, 0.29) is 12.1 Å². The van der Waals surface area contributed by atoms with E-state index in [1.54, 1.807) is 7.11 Å². The lowest BCUT2D eigenvalue weighted by Crippen LogP contribution is -2.40. The number of hydrogen-bond acceptors (Lipinski definition) is 4. The molecule has 0 aromatic rings. The number of hydrogen-bond donors (Lipinski definition) is 1. The fourth-order valence-corrected chi connectivity index (χ4v) is 1.10. The van der Waals surface area contributed by atoms with Gasteiger partial charge >= 0.3 is 0 Å². The molecular weight excluding hydrogens is 158 g/mol. The lowest BCUT2D eigenvalue weighted by Gasteiger charge is -2.22. The van der Waals surface area contributed by atoms with E-state index in [4.69, 9.17) is 19.9 Å². The summed E-state index contributed by atoms with van der Waals surface area (Å²) < 4.78 is 16.0. The Morgan fingerprint density at radius 2 is 1.92 bits per heavy atom. The predicted molar refractivity (Wildman–Crippen MR) is 44.8 cm³/mol. The molecule has 1 rings (SSSR count). The predicted octanol–water partition coefficient (Wildman–Crippen LogP) is 0.112. The van der Waals surface area contributed by atoms with Crippen molar-refractivity contribution < 1.29 is 14.2 Å². The zero-order chi connectivity index (χ0) is 9.19. The molecule has 4 nitrogen and oxygen atoms in total. The third kappa shape index (κ3) is 2.42. The Balaban J connectivity index is 2.53. The van der Waals surface area contributed by atoms with Gasteiger partial charge in [-0.2, -0.15) is 0 Å². The Labute approximate surface area is 73.0 Å².